The van der Waals surface area contributed by atoms with E-state index >= 15 is 0 Å². The second kappa shape index (κ2) is 6.30. The first-order valence-corrected chi connectivity index (χ1v) is 5.26. The summed E-state index contributed by atoms with van der Waals surface area (Å²) in [4.78, 5) is 8.58. The lowest BCUT2D eigenvalue weighted by Crippen LogP contribution is -2.03. The van der Waals surface area contributed by atoms with E-state index in [-0.39, 0.29) is 0 Å². The zero-order valence-electron chi connectivity index (χ0n) is 8.82. The van der Waals surface area contributed by atoms with E-state index in [1.165, 1.54) is 12.8 Å². The second-order valence-corrected chi connectivity index (χ2v) is 3.47. The van der Waals surface area contributed by atoms with Crippen molar-refractivity contribution in [3.05, 3.63) is 36.9 Å². The van der Waals surface area contributed by atoms with Crippen molar-refractivity contribution < 1.29 is 0 Å². The molecule has 76 valence electrons. The molecule has 0 bridgehead atoms. The van der Waals surface area contributed by atoms with Crippen LogP contribution < -0.4 is 0 Å². The molecular weight excluding hydrogens is 172 g/mol. The fourth-order valence-corrected chi connectivity index (χ4v) is 1.53. The van der Waals surface area contributed by atoms with E-state index in [1.807, 2.05) is 24.5 Å². The maximum atomic E-state index is 4.29. The van der Waals surface area contributed by atoms with Gasteiger partial charge < -0.3 is 0 Å². The van der Waals surface area contributed by atoms with Crippen molar-refractivity contribution >= 4 is 0 Å². The van der Waals surface area contributed by atoms with Crippen LogP contribution in [0.3, 0.4) is 0 Å². The highest BCUT2D eigenvalue weighted by atomic mass is 14.9. The summed E-state index contributed by atoms with van der Waals surface area (Å²) in [5.41, 5.74) is 0. The third-order valence-electron chi connectivity index (χ3n) is 2.31. The van der Waals surface area contributed by atoms with Gasteiger partial charge in [-0.3, -0.25) is 0 Å². The molecule has 1 unspecified atom stereocenters. The standard InChI is InChI=1S/C12H18N2/c1-3-5-8-11(7-4-2)12-13-9-6-10-14-12/h4,6,9-11H,2-3,5,7-8H2,1H3. The molecule has 0 amide bonds. The third kappa shape index (κ3) is 3.29. The van der Waals surface area contributed by atoms with E-state index in [0.717, 1.165) is 18.7 Å². The highest BCUT2D eigenvalue weighted by Gasteiger charge is 2.11. The van der Waals surface area contributed by atoms with Gasteiger partial charge in [0.1, 0.15) is 5.82 Å². The SMILES string of the molecule is C=CCC(CCCC)c1ncccn1. The van der Waals surface area contributed by atoms with E-state index in [4.69, 9.17) is 0 Å². The normalized spacial score (nSPS) is 12.4. The first-order valence-electron chi connectivity index (χ1n) is 5.26. The summed E-state index contributed by atoms with van der Waals surface area (Å²) in [6.07, 6.45) is 10.2. The molecule has 1 aromatic heterocycles. The van der Waals surface area contributed by atoms with Gasteiger partial charge in [-0.15, -0.1) is 6.58 Å². The average Bonchev–Trinajstić information content (AvgIpc) is 2.25. The number of allylic oxidation sites excluding steroid dienone is 1. The first kappa shape index (κ1) is 10.9. The molecule has 2 nitrogen and oxygen atoms in total. The fourth-order valence-electron chi connectivity index (χ4n) is 1.53. The van der Waals surface area contributed by atoms with Crippen molar-refractivity contribution in [1.82, 2.24) is 9.97 Å². The summed E-state index contributed by atoms with van der Waals surface area (Å²) in [7, 11) is 0. The third-order valence-corrected chi connectivity index (χ3v) is 2.31. The van der Waals surface area contributed by atoms with Gasteiger partial charge in [0.15, 0.2) is 0 Å². The minimum atomic E-state index is 0.452. The van der Waals surface area contributed by atoms with Gasteiger partial charge in [0.05, 0.1) is 0 Å². The van der Waals surface area contributed by atoms with Crippen LogP contribution >= 0.6 is 0 Å². The molecule has 0 fully saturated rings. The monoisotopic (exact) mass is 190 g/mol. The van der Waals surface area contributed by atoms with Crippen molar-refractivity contribution in [3.63, 3.8) is 0 Å². The Morgan fingerprint density at radius 3 is 2.71 bits per heavy atom. The Kier molecular flexibility index (Phi) is 4.90. The van der Waals surface area contributed by atoms with Crippen LogP contribution in [0.5, 0.6) is 0 Å². The molecular formula is C12H18N2. The van der Waals surface area contributed by atoms with Crippen LogP contribution in [0.2, 0.25) is 0 Å². The molecule has 14 heavy (non-hydrogen) atoms. The summed E-state index contributed by atoms with van der Waals surface area (Å²) in [5.74, 6) is 1.41. The largest absolute Gasteiger partial charge is 0.241 e. The van der Waals surface area contributed by atoms with Crippen LogP contribution in [-0.4, -0.2) is 9.97 Å². The van der Waals surface area contributed by atoms with Crippen LogP contribution in [-0.2, 0) is 0 Å². The van der Waals surface area contributed by atoms with E-state index in [9.17, 15) is 0 Å². The molecule has 1 rings (SSSR count). The Morgan fingerprint density at radius 1 is 1.43 bits per heavy atom. The van der Waals surface area contributed by atoms with E-state index in [2.05, 4.69) is 23.5 Å². The number of hydrogen-bond acceptors (Lipinski definition) is 2. The van der Waals surface area contributed by atoms with Gasteiger partial charge in [0.25, 0.3) is 0 Å². The van der Waals surface area contributed by atoms with E-state index in [0.29, 0.717) is 5.92 Å². The van der Waals surface area contributed by atoms with Gasteiger partial charge in [-0.1, -0.05) is 25.8 Å². The maximum absolute atomic E-state index is 4.29. The fraction of sp³-hybridized carbons (Fsp3) is 0.500. The number of nitrogens with zero attached hydrogens (tertiary/aromatic N) is 2. The minimum absolute atomic E-state index is 0.452. The molecule has 0 saturated heterocycles. The van der Waals surface area contributed by atoms with Gasteiger partial charge >= 0.3 is 0 Å². The van der Waals surface area contributed by atoms with Crippen LogP contribution in [0.25, 0.3) is 0 Å². The molecule has 0 N–H and O–H groups in total. The van der Waals surface area contributed by atoms with Crippen LogP contribution in [0.1, 0.15) is 44.3 Å². The molecule has 1 atom stereocenters. The van der Waals surface area contributed by atoms with Gasteiger partial charge in [-0.2, -0.15) is 0 Å². The Bertz CT molecular complexity index is 256. The van der Waals surface area contributed by atoms with Gasteiger partial charge in [-0.05, 0) is 18.9 Å². The minimum Gasteiger partial charge on any atom is -0.241 e. The molecule has 0 radical (unpaired) electrons. The van der Waals surface area contributed by atoms with Gasteiger partial charge in [-0.25, -0.2) is 9.97 Å². The predicted octanol–water partition coefficient (Wildman–Crippen LogP) is 3.33. The topological polar surface area (TPSA) is 25.8 Å². The van der Waals surface area contributed by atoms with E-state index < -0.39 is 0 Å². The zero-order chi connectivity index (χ0) is 10.2. The molecule has 2 heteroatoms. The van der Waals surface area contributed by atoms with Crippen molar-refractivity contribution in [3.8, 4) is 0 Å². The Labute approximate surface area is 86.1 Å². The number of rotatable bonds is 6. The van der Waals surface area contributed by atoms with Crippen LogP contribution in [0.4, 0.5) is 0 Å². The molecule has 1 heterocycles. The number of hydrogen-bond donors (Lipinski definition) is 0. The molecule has 0 spiro atoms. The molecule has 0 aliphatic carbocycles. The lowest BCUT2D eigenvalue weighted by molar-refractivity contribution is 0.562. The molecule has 0 aromatic carbocycles. The van der Waals surface area contributed by atoms with Crippen molar-refractivity contribution in [2.75, 3.05) is 0 Å². The smallest absolute Gasteiger partial charge is 0.131 e. The Morgan fingerprint density at radius 2 is 2.14 bits per heavy atom. The van der Waals surface area contributed by atoms with Gasteiger partial charge in [0, 0.05) is 18.3 Å². The Hall–Kier alpha value is -1.18. The molecule has 0 saturated carbocycles. The Balaban J connectivity index is 2.62. The zero-order valence-corrected chi connectivity index (χ0v) is 8.82. The summed E-state index contributed by atoms with van der Waals surface area (Å²) >= 11 is 0. The highest BCUT2D eigenvalue weighted by Crippen LogP contribution is 2.22. The van der Waals surface area contributed by atoms with E-state index in [1.54, 1.807) is 0 Å². The van der Waals surface area contributed by atoms with Crippen LogP contribution in [0.15, 0.2) is 31.1 Å². The first-order chi connectivity index (χ1) is 6.88. The molecule has 1 aromatic rings. The summed E-state index contributed by atoms with van der Waals surface area (Å²) in [6.45, 7) is 5.98. The second-order valence-electron chi connectivity index (χ2n) is 3.47. The van der Waals surface area contributed by atoms with Gasteiger partial charge in [0.2, 0.25) is 0 Å². The lowest BCUT2D eigenvalue weighted by atomic mass is 9.98. The molecule has 0 aliphatic rings. The number of aromatic nitrogens is 2. The quantitative estimate of drug-likeness (QED) is 0.643. The van der Waals surface area contributed by atoms with Crippen molar-refractivity contribution in [2.45, 2.75) is 38.5 Å². The predicted molar refractivity (Wildman–Crippen MR) is 59.1 cm³/mol. The lowest BCUT2D eigenvalue weighted by Gasteiger charge is -2.12. The summed E-state index contributed by atoms with van der Waals surface area (Å²) < 4.78 is 0. The highest BCUT2D eigenvalue weighted by molar-refractivity contribution is 4.99. The molecule has 0 aliphatic heterocycles. The number of unbranched alkanes of at least 4 members (excludes halogenated alkanes) is 1. The van der Waals surface area contributed by atoms with Crippen LogP contribution in [0, 0.1) is 0 Å². The van der Waals surface area contributed by atoms with Crippen molar-refractivity contribution in [1.29, 1.82) is 0 Å². The van der Waals surface area contributed by atoms with Crippen molar-refractivity contribution in [2.24, 2.45) is 0 Å². The summed E-state index contributed by atoms with van der Waals surface area (Å²) in [5, 5.41) is 0. The average molecular weight is 190 g/mol. The maximum Gasteiger partial charge on any atom is 0.131 e. The summed E-state index contributed by atoms with van der Waals surface area (Å²) in [6, 6.07) is 1.86.